The van der Waals surface area contributed by atoms with Crippen molar-refractivity contribution in [2.24, 2.45) is 0 Å². The summed E-state index contributed by atoms with van der Waals surface area (Å²) in [6.45, 7) is 1.98. The van der Waals surface area contributed by atoms with Gasteiger partial charge in [0.15, 0.2) is 5.78 Å². The molecule has 0 saturated carbocycles. The van der Waals surface area contributed by atoms with Crippen molar-refractivity contribution in [2.45, 2.75) is 13.3 Å². The first-order valence-corrected chi connectivity index (χ1v) is 2.76. The number of allylic oxidation sites excluding steroid dienone is 4. The average molecular weight is 108 g/mol. The molecule has 8 heavy (non-hydrogen) atoms. The van der Waals surface area contributed by atoms with E-state index in [-0.39, 0.29) is 5.78 Å². The summed E-state index contributed by atoms with van der Waals surface area (Å²) in [5.74, 6) is 0.174. The quantitative estimate of drug-likeness (QED) is 0.497. The highest BCUT2D eigenvalue weighted by Crippen LogP contribution is 2.08. The van der Waals surface area contributed by atoms with Gasteiger partial charge in [-0.15, -0.1) is 0 Å². The number of ketones is 1. The summed E-state index contributed by atoms with van der Waals surface area (Å²) in [5, 5.41) is 0. The topological polar surface area (TPSA) is 17.1 Å². The molecule has 0 N–H and O–H groups in total. The van der Waals surface area contributed by atoms with E-state index in [1.165, 1.54) is 0 Å². The molecular weight excluding hydrogens is 100 g/mol. The van der Waals surface area contributed by atoms with Gasteiger partial charge in [-0.1, -0.05) is 19.1 Å². The van der Waals surface area contributed by atoms with Crippen molar-refractivity contribution in [3.05, 3.63) is 23.8 Å². The van der Waals surface area contributed by atoms with Gasteiger partial charge in [0.25, 0.3) is 0 Å². The van der Waals surface area contributed by atoms with E-state index in [0.717, 1.165) is 12.0 Å². The van der Waals surface area contributed by atoms with Crippen LogP contribution in [0.3, 0.4) is 0 Å². The van der Waals surface area contributed by atoms with Crippen LogP contribution in [0.4, 0.5) is 0 Å². The van der Waals surface area contributed by atoms with Crippen LogP contribution in [-0.4, -0.2) is 5.78 Å². The predicted octanol–water partition coefficient (Wildman–Crippen LogP) is 1.46. The zero-order valence-electron chi connectivity index (χ0n) is 4.85. The first-order chi connectivity index (χ1) is 3.84. The Morgan fingerprint density at radius 2 is 2.38 bits per heavy atom. The summed E-state index contributed by atoms with van der Waals surface area (Å²) in [5.41, 5.74) is 0.921. The molecule has 0 aromatic rings. The van der Waals surface area contributed by atoms with E-state index in [1.807, 2.05) is 13.0 Å². The molecule has 0 amide bonds. The minimum atomic E-state index is 0.174. The summed E-state index contributed by atoms with van der Waals surface area (Å²) in [4.78, 5) is 10.7. The highest BCUT2D eigenvalue weighted by Gasteiger charge is 2.05. The standard InChI is InChI=1S/C7H8O/c1-2-6-4-3-5-7(6)8/h3-5H,2H2,1H3. The number of rotatable bonds is 1. The maximum absolute atomic E-state index is 10.7. The molecule has 1 nitrogen and oxygen atoms in total. The molecule has 0 spiro atoms. The lowest BCUT2D eigenvalue weighted by atomic mass is 10.2. The van der Waals surface area contributed by atoms with Crippen molar-refractivity contribution in [1.29, 1.82) is 0 Å². The normalized spacial score (nSPS) is 17.1. The van der Waals surface area contributed by atoms with Gasteiger partial charge in [0.1, 0.15) is 0 Å². The van der Waals surface area contributed by atoms with E-state index >= 15 is 0 Å². The SMILES string of the molecule is CCC1=CC=CC1=O. The zero-order chi connectivity index (χ0) is 5.98. The molecular formula is C7H8O. The van der Waals surface area contributed by atoms with Crippen LogP contribution >= 0.6 is 0 Å². The van der Waals surface area contributed by atoms with Crippen molar-refractivity contribution in [2.75, 3.05) is 0 Å². The number of carbonyl (C=O) groups is 1. The van der Waals surface area contributed by atoms with Crippen LogP contribution in [0.1, 0.15) is 13.3 Å². The highest BCUT2D eigenvalue weighted by atomic mass is 16.1. The van der Waals surface area contributed by atoms with Gasteiger partial charge in [0.2, 0.25) is 0 Å². The molecule has 0 saturated heterocycles. The van der Waals surface area contributed by atoms with Crippen LogP contribution in [0.2, 0.25) is 0 Å². The van der Waals surface area contributed by atoms with Gasteiger partial charge < -0.3 is 0 Å². The molecule has 0 radical (unpaired) electrons. The van der Waals surface area contributed by atoms with Gasteiger partial charge in [-0.2, -0.15) is 0 Å². The fourth-order valence-electron chi connectivity index (χ4n) is 0.733. The number of hydrogen-bond acceptors (Lipinski definition) is 1. The van der Waals surface area contributed by atoms with Crippen LogP contribution in [-0.2, 0) is 4.79 Å². The Labute approximate surface area is 48.7 Å². The van der Waals surface area contributed by atoms with Crippen LogP contribution in [0.15, 0.2) is 23.8 Å². The Kier molecular flexibility index (Phi) is 1.29. The molecule has 0 bridgehead atoms. The Morgan fingerprint density at radius 3 is 2.62 bits per heavy atom. The number of carbonyl (C=O) groups excluding carboxylic acids is 1. The van der Waals surface area contributed by atoms with E-state index in [9.17, 15) is 4.79 Å². The Hall–Kier alpha value is -0.850. The third kappa shape index (κ3) is 0.713. The average Bonchev–Trinajstić information content (AvgIpc) is 2.14. The van der Waals surface area contributed by atoms with Gasteiger partial charge in [-0.3, -0.25) is 4.79 Å². The maximum atomic E-state index is 10.7. The van der Waals surface area contributed by atoms with E-state index in [4.69, 9.17) is 0 Å². The second-order valence-electron chi connectivity index (χ2n) is 1.77. The molecule has 0 aromatic heterocycles. The van der Waals surface area contributed by atoms with Crippen LogP contribution in [0, 0.1) is 0 Å². The third-order valence-electron chi connectivity index (χ3n) is 1.24. The first-order valence-electron chi connectivity index (χ1n) is 2.76. The highest BCUT2D eigenvalue weighted by molar-refractivity contribution is 6.06. The fraction of sp³-hybridized carbons (Fsp3) is 0.286. The lowest BCUT2D eigenvalue weighted by Crippen LogP contribution is -1.90. The summed E-state index contributed by atoms with van der Waals surface area (Å²) < 4.78 is 0. The maximum Gasteiger partial charge on any atom is 0.181 e. The Morgan fingerprint density at radius 1 is 1.62 bits per heavy atom. The molecule has 0 fully saturated rings. The van der Waals surface area contributed by atoms with E-state index in [2.05, 4.69) is 0 Å². The molecule has 0 heterocycles. The van der Waals surface area contributed by atoms with E-state index < -0.39 is 0 Å². The lowest BCUT2D eigenvalue weighted by molar-refractivity contribution is -0.111. The summed E-state index contributed by atoms with van der Waals surface area (Å²) >= 11 is 0. The van der Waals surface area contributed by atoms with Crippen LogP contribution < -0.4 is 0 Å². The molecule has 0 atom stereocenters. The summed E-state index contributed by atoms with van der Waals surface area (Å²) in [6.07, 6.45) is 6.11. The van der Waals surface area contributed by atoms with Crippen molar-refractivity contribution in [3.63, 3.8) is 0 Å². The molecule has 1 rings (SSSR count). The number of hydrogen-bond donors (Lipinski definition) is 0. The Bertz CT molecular complexity index is 163. The monoisotopic (exact) mass is 108 g/mol. The molecule has 0 aliphatic heterocycles. The van der Waals surface area contributed by atoms with Crippen LogP contribution in [0.25, 0.3) is 0 Å². The van der Waals surface area contributed by atoms with Crippen LogP contribution in [0.5, 0.6) is 0 Å². The van der Waals surface area contributed by atoms with Gasteiger partial charge in [0, 0.05) is 0 Å². The molecule has 1 aliphatic carbocycles. The predicted molar refractivity (Wildman–Crippen MR) is 32.5 cm³/mol. The van der Waals surface area contributed by atoms with Gasteiger partial charge >= 0.3 is 0 Å². The largest absolute Gasteiger partial charge is 0.290 e. The van der Waals surface area contributed by atoms with Crippen molar-refractivity contribution in [1.82, 2.24) is 0 Å². The second kappa shape index (κ2) is 1.95. The fourth-order valence-corrected chi connectivity index (χ4v) is 0.733. The third-order valence-corrected chi connectivity index (χ3v) is 1.24. The lowest BCUT2D eigenvalue weighted by Gasteiger charge is -1.88. The van der Waals surface area contributed by atoms with Crippen molar-refractivity contribution >= 4 is 5.78 Å². The van der Waals surface area contributed by atoms with Crippen molar-refractivity contribution in [3.8, 4) is 0 Å². The second-order valence-corrected chi connectivity index (χ2v) is 1.77. The minimum absolute atomic E-state index is 0.174. The molecule has 0 unspecified atom stereocenters. The van der Waals surface area contributed by atoms with Gasteiger partial charge in [-0.25, -0.2) is 0 Å². The summed E-state index contributed by atoms with van der Waals surface area (Å²) in [7, 11) is 0. The Balaban J connectivity index is 2.73. The van der Waals surface area contributed by atoms with Gasteiger partial charge in [-0.05, 0) is 18.1 Å². The molecule has 1 heteroatoms. The van der Waals surface area contributed by atoms with Crippen molar-refractivity contribution < 1.29 is 4.79 Å². The van der Waals surface area contributed by atoms with E-state index in [1.54, 1.807) is 12.2 Å². The van der Waals surface area contributed by atoms with Gasteiger partial charge in [0.05, 0.1) is 0 Å². The zero-order valence-corrected chi connectivity index (χ0v) is 4.85. The summed E-state index contributed by atoms with van der Waals surface area (Å²) in [6, 6.07) is 0. The molecule has 1 aliphatic rings. The first kappa shape index (κ1) is 5.29. The minimum Gasteiger partial charge on any atom is -0.290 e. The molecule has 42 valence electrons. The molecule has 0 aromatic carbocycles. The van der Waals surface area contributed by atoms with E-state index in [0.29, 0.717) is 0 Å². The smallest absolute Gasteiger partial charge is 0.181 e.